The summed E-state index contributed by atoms with van der Waals surface area (Å²) in [6.45, 7) is 2.43. The van der Waals surface area contributed by atoms with E-state index in [1.165, 1.54) is 44.0 Å². The number of likely N-dealkylation sites (tertiary alicyclic amines) is 1. The van der Waals surface area contributed by atoms with E-state index in [1.54, 1.807) is 0 Å². The Morgan fingerprint density at radius 1 is 1.03 bits per heavy atom. The summed E-state index contributed by atoms with van der Waals surface area (Å²) in [4.78, 5) is 24.0. The molecule has 17 heteroatoms. The molecule has 4 rings (SSSR count). The molecule has 1 spiro atoms. The maximum Gasteiger partial charge on any atom is 0.490 e. The molecular formula is C22H27F7N2O7S. The van der Waals surface area contributed by atoms with Gasteiger partial charge in [-0.15, -0.1) is 0 Å². The molecule has 2 aliphatic heterocycles. The number of pyridine rings is 1. The molecule has 2 saturated heterocycles. The van der Waals surface area contributed by atoms with E-state index in [-0.39, 0.29) is 24.2 Å². The van der Waals surface area contributed by atoms with Gasteiger partial charge in [0.05, 0.1) is 12.4 Å². The number of aromatic nitrogens is 1. The number of rotatable bonds is 5. The van der Waals surface area contributed by atoms with Gasteiger partial charge in [0.15, 0.2) is 15.7 Å². The number of carboxylic acids is 2. The van der Waals surface area contributed by atoms with Crippen LogP contribution in [0, 0.1) is 17.7 Å². The highest BCUT2D eigenvalue weighted by atomic mass is 32.2. The van der Waals surface area contributed by atoms with E-state index in [2.05, 4.69) is 9.88 Å². The fourth-order valence-electron chi connectivity index (χ4n) is 4.76. The van der Waals surface area contributed by atoms with Crippen molar-refractivity contribution in [1.29, 1.82) is 0 Å². The molecule has 39 heavy (non-hydrogen) atoms. The van der Waals surface area contributed by atoms with Gasteiger partial charge in [-0.25, -0.2) is 27.4 Å². The van der Waals surface area contributed by atoms with Gasteiger partial charge in [0.2, 0.25) is 5.88 Å². The lowest BCUT2D eigenvalue weighted by atomic mass is 9.83. The van der Waals surface area contributed by atoms with Crippen LogP contribution in [0.2, 0.25) is 0 Å². The molecule has 3 fully saturated rings. The Labute approximate surface area is 218 Å². The van der Waals surface area contributed by atoms with E-state index in [9.17, 15) is 39.2 Å². The molecule has 2 N–H and O–H groups in total. The van der Waals surface area contributed by atoms with Crippen LogP contribution in [0.5, 0.6) is 5.88 Å². The fraction of sp³-hybridized carbons (Fsp3) is 0.682. The Bertz CT molecular complexity index is 1080. The molecule has 0 radical (unpaired) electrons. The Morgan fingerprint density at radius 2 is 1.54 bits per heavy atom. The first-order valence-electron chi connectivity index (χ1n) is 11.7. The highest BCUT2D eigenvalue weighted by Crippen LogP contribution is 2.45. The van der Waals surface area contributed by atoms with Crippen LogP contribution in [0.15, 0.2) is 18.3 Å². The summed E-state index contributed by atoms with van der Waals surface area (Å²) in [6.07, 6.45) is -2.97. The van der Waals surface area contributed by atoms with Crippen molar-refractivity contribution in [3.8, 4) is 5.88 Å². The summed E-state index contributed by atoms with van der Waals surface area (Å²) in [5.74, 6) is -5.21. The van der Waals surface area contributed by atoms with Gasteiger partial charge < -0.3 is 14.9 Å². The van der Waals surface area contributed by atoms with Crippen molar-refractivity contribution in [3.05, 3.63) is 24.1 Å². The molecule has 1 aromatic rings. The standard InChI is InChI=1S/C18H25FN2O3S.2C2HF3O2/c19-16-6-3-8-20-17(16)24-11-15-7-9-25(22,23)18(15)12-21(13-18)10-14-4-1-2-5-14;2*3-2(4,5)1(6)7/h3,6,8,14-15H,1-2,4-5,7,9-13H2;2*(H,6,7). The molecule has 1 saturated carbocycles. The van der Waals surface area contributed by atoms with Gasteiger partial charge in [-0.05, 0) is 37.3 Å². The molecule has 9 nitrogen and oxygen atoms in total. The van der Waals surface area contributed by atoms with Gasteiger partial charge in [-0.3, -0.25) is 4.90 Å². The van der Waals surface area contributed by atoms with Crippen molar-refractivity contribution in [2.24, 2.45) is 11.8 Å². The van der Waals surface area contributed by atoms with Gasteiger partial charge in [0.25, 0.3) is 0 Å². The molecule has 0 aromatic carbocycles. The predicted molar refractivity (Wildman–Crippen MR) is 120 cm³/mol. The van der Waals surface area contributed by atoms with E-state index in [4.69, 9.17) is 24.5 Å². The Balaban J connectivity index is 0.000000317. The predicted octanol–water partition coefficient (Wildman–Crippen LogP) is 3.55. The molecule has 1 unspecified atom stereocenters. The smallest absolute Gasteiger partial charge is 0.475 e. The van der Waals surface area contributed by atoms with Gasteiger partial charge in [0.1, 0.15) is 4.75 Å². The molecule has 222 valence electrons. The van der Waals surface area contributed by atoms with Gasteiger partial charge in [-0.1, -0.05) is 12.8 Å². The lowest BCUT2D eigenvalue weighted by Gasteiger charge is -2.50. The maximum atomic E-state index is 13.7. The third-order valence-electron chi connectivity index (χ3n) is 6.70. The van der Waals surface area contributed by atoms with Crippen molar-refractivity contribution in [2.75, 3.05) is 32.0 Å². The number of alkyl halides is 6. The summed E-state index contributed by atoms with van der Waals surface area (Å²) in [7, 11) is -3.12. The van der Waals surface area contributed by atoms with Crippen molar-refractivity contribution < 1.29 is 63.7 Å². The molecule has 3 heterocycles. The fourth-order valence-corrected chi connectivity index (χ4v) is 7.22. The summed E-state index contributed by atoms with van der Waals surface area (Å²) in [6, 6.07) is 2.81. The molecule has 0 amide bonds. The van der Waals surface area contributed by atoms with Crippen LogP contribution in [0.25, 0.3) is 0 Å². The summed E-state index contributed by atoms with van der Waals surface area (Å²) >= 11 is 0. The molecule has 1 atom stereocenters. The lowest BCUT2D eigenvalue weighted by Crippen LogP contribution is -2.68. The minimum Gasteiger partial charge on any atom is -0.475 e. The second-order valence-corrected chi connectivity index (χ2v) is 11.8. The average molecular weight is 597 g/mol. The van der Waals surface area contributed by atoms with Crippen LogP contribution < -0.4 is 4.74 Å². The topological polar surface area (TPSA) is 134 Å². The van der Waals surface area contributed by atoms with Gasteiger partial charge in [0, 0.05) is 31.7 Å². The zero-order valence-corrected chi connectivity index (χ0v) is 21.2. The Hall–Kier alpha value is -2.69. The SMILES string of the molecule is O=C(O)C(F)(F)F.O=C(O)C(F)(F)F.O=S1(=O)CCC(COc2ncccc2F)C12CN(CC1CCCC1)C2. The number of aliphatic carboxylic acids is 2. The third kappa shape index (κ3) is 8.65. The number of carboxylic acid groups (broad SMARTS) is 2. The van der Waals surface area contributed by atoms with E-state index in [0.29, 0.717) is 19.5 Å². The first kappa shape index (κ1) is 32.5. The largest absolute Gasteiger partial charge is 0.490 e. The van der Waals surface area contributed by atoms with Gasteiger partial charge >= 0.3 is 24.3 Å². The molecule has 1 aromatic heterocycles. The van der Waals surface area contributed by atoms with Crippen molar-refractivity contribution >= 4 is 21.8 Å². The van der Waals surface area contributed by atoms with E-state index in [1.807, 2.05) is 0 Å². The van der Waals surface area contributed by atoms with Crippen molar-refractivity contribution in [1.82, 2.24) is 9.88 Å². The van der Waals surface area contributed by atoms with E-state index >= 15 is 0 Å². The number of halogens is 7. The van der Waals surface area contributed by atoms with Gasteiger partial charge in [-0.2, -0.15) is 26.3 Å². The number of sulfone groups is 1. The summed E-state index contributed by atoms with van der Waals surface area (Å²) < 4.78 is 107. The number of nitrogens with zero attached hydrogens (tertiary/aromatic N) is 2. The van der Waals surface area contributed by atoms with Crippen LogP contribution in [0.3, 0.4) is 0 Å². The van der Waals surface area contributed by atoms with Crippen molar-refractivity contribution in [2.45, 2.75) is 49.2 Å². The molecule has 0 bridgehead atoms. The van der Waals surface area contributed by atoms with E-state index < -0.39 is 44.7 Å². The maximum absolute atomic E-state index is 13.7. The van der Waals surface area contributed by atoms with Crippen LogP contribution in [-0.4, -0.2) is 89.5 Å². The molecular weight excluding hydrogens is 569 g/mol. The second kappa shape index (κ2) is 12.7. The average Bonchev–Trinajstić information content (AvgIpc) is 3.39. The monoisotopic (exact) mass is 596 g/mol. The second-order valence-electron chi connectivity index (χ2n) is 9.40. The van der Waals surface area contributed by atoms with Crippen LogP contribution in [0.4, 0.5) is 30.7 Å². The summed E-state index contributed by atoms with van der Waals surface area (Å²) in [5, 5.41) is 14.2. The van der Waals surface area contributed by atoms with E-state index in [0.717, 1.165) is 12.5 Å². The minimum absolute atomic E-state index is 0.0379. The highest BCUT2D eigenvalue weighted by Gasteiger charge is 2.61. The Kier molecular flexibility index (Phi) is 10.6. The molecule has 3 aliphatic rings. The molecule has 1 aliphatic carbocycles. The zero-order valence-electron chi connectivity index (χ0n) is 20.3. The number of hydrogen-bond donors (Lipinski definition) is 2. The van der Waals surface area contributed by atoms with Crippen LogP contribution >= 0.6 is 0 Å². The normalized spacial score (nSPS) is 22.2. The highest BCUT2D eigenvalue weighted by molar-refractivity contribution is 7.93. The Morgan fingerprint density at radius 3 is 2.00 bits per heavy atom. The number of ether oxygens (including phenoxy) is 1. The first-order chi connectivity index (χ1) is 17.9. The quantitative estimate of drug-likeness (QED) is 0.490. The minimum atomic E-state index is -5.08. The number of carbonyl (C=O) groups is 2. The zero-order chi connectivity index (χ0) is 29.6. The third-order valence-corrected chi connectivity index (χ3v) is 9.31. The summed E-state index contributed by atoms with van der Waals surface area (Å²) in [5.41, 5.74) is 0. The van der Waals surface area contributed by atoms with Crippen LogP contribution in [0.1, 0.15) is 32.1 Å². The van der Waals surface area contributed by atoms with Crippen molar-refractivity contribution in [3.63, 3.8) is 0 Å². The first-order valence-corrected chi connectivity index (χ1v) is 13.3. The number of hydrogen-bond acceptors (Lipinski definition) is 7. The lowest BCUT2D eigenvalue weighted by molar-refractivity contribution is -0.193. The van der Waals surface area contributed by atoms with Crippen LogP contribution in [-0.2, 0) is 19.4 Å².